The van der Waals surface area contributed by atoms with Gasteiger partial charge in [-0.1, -0.05) is 30.4 Å². The van der Waals surface area contributed by atoms with E-state index in [1.165, 1.54) is 5.56 Å². The first-order valence-corrected chi connectivity index (χ1v) is 5.96. The summed E-state index contributed by atoms with van der Waals surface area (Å²) < 4.78 is 0. The smallest absolute Gasteiger partial charge is 0.239 e. The fraction of sp³-hybridized carbons (Fsp3) is 0.308. The molecule has 3 heteroatoms. The Morgan fingerprint density at radius 3 is 2.94 bits per heavy atom. The lowest BCUT2D eigenvalue weighted by Crippen LogP contribution is -2.14. The third kappa shape index (κ3) is 2.45. The number of allylic oxidation sites excluding steroid dienone is 2. The molecule has 1 aromatic carbocycles. The second kappa shape index (κ2) is 5.17. The van der Waals surface area contributed by atoms with Crippen LogP contribution in [0.2, 0.25) is 0 Å². The number of carbonyl (C=O) groups excluding carboxylic acids is 1. The van der Waals surface area contributed by atoms with Crippen LogP contribution < -0.4 is 5.32 Å². The molecule has 16 heavy (non-hydrogen) atoms. The number of rotatable bonds is 3. The third-order valence-corrected chi connectivity index (χ3v) is 3.01. The molecule has 1 aliphatic carbocycles. The number of para-hydroxylation sites is 1. The summed E-state index contributed by atoms with van der Waals surface area (Å²) in [7, 11) is 0. The normalized spacial score (nSPS) is 18.7. The van der Waals surface area contributed by atoms with Gasteiger partial charge in [-0.25, -0.2) is 0 Å². The molecule has 1 unspecified atom stereocenters. The Hall–Kier alpha value is -1.28. The molecule has 2 rings (SSSR count). The van der Waals surface area contributed by atoms with E-state index in [-0.39, 0.29) is 11.8 Å². The molecule has 0 saturated heterocycles. The Balaban J connectivity index is 2.23. The maximum Gasteiger partial charge on any atom is 0.239 e. The first-order chi connectivity index (χ1) is 7.81. The summed E-state index contributed by atoms with van der Waals surface area (Å²) in [4.78, 5) is 11.3. The zero-order valence-corrected chi connectivity index (χ0v) is 9.70. The Morgan fingerprint density at radius 1 is 1.44 bits per heavy atom. The van der Waals surface area contributed by atoms with Crippen molar-refractivity contribution in [3.8, 4) is 0 Å². The highest BCUT2D eigenvalue weighted by Gasteiger charge is 2.15. The topological polar surface area (TPSA) is 29.1 Å². The van der Waals surface area contributed by atoms with Gasteiger partial charge in [-0.15, -0.1) is 11.6 Å². The molecular formula is C13H14ClNO. The highest BCUT2D eigenvalue weighted by atomic mass is 35.5. The van der Waals surface area contributed by atoms with Gasteiger partial charge in [0.05, 0.1) is 0 Å². The molecule has 0 bridgehead atoms. The van der Waals surface area contributed by atoms with Gasteiger partial charge in [-0.2, -0.15) is 0 Å². The van der Waals surface area contributed by atoms with E-state index in [1.807, 2.05) is 18.2 Å². The summed E-state index contributed by atoms with van der Waals surface area (Å²) in [5.74, 6) is 0.261. The van der Waals surface area contributed by atoms with E-state index in [0.717, 1.165) is 18.5 Å². The molecule has 0 aliphatic heterocycles. The molecule has 1 N–H and O–H groups in total. The van der Waals surface area contributed by atoms with E-state index in [4.69, 9.17) is 11.6 Å². The van der Waals surface area contributed by atoms with E-state index in [2.05, 4.69) is 23.5 Å². The molecule has 0 fully saturated rings. The first kappa shape index (κ1) is 11.2. The van der Waals surface area contributed by atoms with Gasteiger partial charge in [0.1, 0.15) is 5.88 Å². The number of hydrogen-bond donors (Lipinski definition) is 1. The van der Waals surface area contributed by atoms with E-state index in [1.54, 1.807) is 0 Å². The number of amides is 1. The van der Waals surface area contributed by atoms with Gasteiger partial charge in [-0.3, -0.25) is 4.79 Å². The first-order valence-electron chi connectivity index (χ1n) is 5.42. The molecule has 0 heterocycles. The number of benzene rings is 1. The summed E-state index contributed by atoms with van der Waals surface area (Å²) in [5, 5.41) is 2.83. The monoisotopic (exact) mass is 235 g/mol. The molecule has 84 valence electrons. The van der Waals surface area contributed by atoms with Crippen molar-refractivity contribution in [1.29, 1.82) is 0 Å². The molecule has 0 saturated carbocycles. The lowest BCUT2D eigenvalue weighted by molar-refractivity contribution is -0.113. The van der Waals surface area contributed by atoms with E-state index in [0.29, 0.717) is 5.92 Å². The zero-order valence-electron chi connectivity index (χ0n) is 8.95. The van der Waals surface area contributed by atoms with Crippen LogP contribution in [0.25, 0.3) is 0 Å². The summed E-state index contributed by atoms with van der Waals surface area (Å²) in [6.07, 6.45) is 6.62. The molecule has 0 spiro atoms. The standard InChI is InChI=1S/C13H14ClNO/c14-9-13(16)15-12-8-4-3-7-11(12)10-5-1-2-6-10/h1,3-5,7-8,10H,2,6,9H2,(H,15,16). The van der Waals surface area contributed by atoms with Gasteiger partial charge in [-0.05, 0) is 24.5 Å². The Labute approximate surface area is 100 Å². The minimum Gasteiger partial charge on any atom is -0.325 e. The predicted molar refractivity (Wildman–Crippen MR) is 66.9 cm³/mol. The van der Waals surface area contributed by atoms with Crippen molar-refractivity contribution >= 4 is 23.2 Å². The third-order valence-electron chi connectivity index (χ3n) is 2.77. The lowest BCUT2D eigenvalue weighted by atomic mass is 9.97. The molecule has 1 atom stereocenters. The van der Waals surface area contributed by atoms with Crippen molar-refractivity contribution in [2.24, 2.45) is 0 Å². The summed E-state index contributed by atoms with van der Waals surface area (Å²) in [5.41, 5.74) is 2.06. The fourth-order valence-electron chi connectivity index (χ4n) is 2.01. The van der Waals surface area contributed by atoms with Crippen LogP contribution in [0.1, 0.15) is 24.3 Å². The van der Waals surface area contributed by atoms with Gasteiger partial charge in [0.25, 0.3) is 0 Å². The van der Waals surface area contributed by atoms with E-state index >= 15 is 0 Å². The maximum atomic E-state index is 11.3. The van der Waals surface area contributed by atoms with Crippen LogP contribution in [-0.4, -0.2) is 11.8 Å². The maximum absolute atomic E-state index is 11.3. The van der Waals surface area contributed by atoms with Gasteiger partial charge in [0, 0.05) is 11.6 Å². The van der Waals surface area contributed by atoms with Gasteiger partial charge in [0.15, 0.2) is 0 Å². The van der Waals surface area contributed by atoms with Crippen LogP contribution >= 0.6 is 11.6 Å². The number of anilines is 1. The van der Waals surface area contributed by atoms with Crippen molar-refractivity contribution in [2.75, 3.05) is 11.2 Å². The molecule has 1 amide bonds. The second-order valence-electron chi connectivity index (χ2n) is 3.88. The molecule has 0 aromatic heterocycles. The van der Waals surface area contributed by atoms with Crippen LogP contribution in [0.3, 0.4) is 0 Å². The Bertz CT molecular complexity index is 414. The average Bonchev–Trinajstić information content (AvgIpc) is 2.83. The van der Waals surface area contributed by atoms with Crippen molar-refractivity contribution in [3.63, 3.8) is 0 Å². The number of carbonyl (C=O) groups is 1. The highest BCUT2D eigenvalue weighted by Crippen LogP contribution is 2.32. The van der Waals surface area contributed by atoms with E-state index < -0.39 is 0 Å². The Morgan fingerprint density at radius 2 is 2.25 bits per heavy atom. The summed E-state index contributed by atoms with van der Waals surface area (Å²) >= 11 is 5.49. The second-order valence-corrected chi connectivity index (χ2v) is 4.15. The lowest BCUT2D eigenvalue weighted by Gasteiger charge is -2.14. The predicted octanol–water partition coefficient (Wildman–Crippen LogP) is 3.30. The van der Waals surface area contributed by atoms with Crippen molar-refractivity contribution in [3.05, 3.63) is 42.0 Å². The molecule has 2 nitrogen and oxygen atoms in total. The Kier molecular flexibility index (Phi) is 3.62. The SMILES string of the molecule is O=C(CCl)Nc1ccccc1C1C=CCC1. The van der Waals surface area contributed by atoms with Gasteiger partial charge < -0.3 is 5.32 Å². The van der Waals surface area contributed by atoms with Crippen molar-refractivity contribution < 1.29 is 4.79 Å². The van der Waals surface area contributed by atoms with Crippen molar-refractivity contribution in [1.82, 2.24) is 0 Å². The van der Waals surface area contributed by atoms with Crippen LogP contribution in [0.15, 0.2) is 36.4 Å². The summed E-state index contributed by atoms with van der Waals surface area (Å²) in [6, 6.07) is 7.90. The quantitative estimate of drug-likeness (QED) is 0.632. The number of hydrogen-bond acceptors (Lipinski definition) is 1. The largest absolute Gasteiger partial charge is 0.325 e. The van der Waals surface area contributed by atoms with Crippen LogP contribution in [-0.2, 0) is 4.79 Å². The molecule has 1 aromatic rings. The summed E-state index contributed by atoms with van der Waals surface area (Å²) in [6.45, 7) is 0. The van der Waals surface area contributed by atoms with Gasteiger partial charge in [0.2, 0.25) is 5.91 Å². The molecular weight excluding hydrogens is 222 g/mol. The van der Waals surface area contributed by atoms with Crippen LogP contribution in [0.5, 0.6) is 0 Å². The zero-order chi connectivity index (χ0) is 11.4. The van der Waals surface area contributed by atoms with Crippen LogP contribution in [0, 0.1) is 0 Å². The van der Waals surface area contributed by atoms with Gasteiger partial charge >= 0.3 is 0 Å². The highest BCUT2D eigenvalue weighted by molar-refractivity contribution is 6.29. The number of halogens is 1. The average molecular weight is 236 g/mol. The number of nitrogens with one attached hydrogen (secondary N) is 1. The van der Waals surface area contributed by atoms with E-state index in [9.17, 15) is 4.79 Å². The molecule has 1 aliphatic rings. The minimum absolute atomic E-state index is 0.00512. The van der Waals surface area contributed by atoms with Crippen LogP contribution in [0.4, 0.5) is 5.69 Å². The molecule has 0 radical (unpaired) electrons. The minimum atomic E-state index is -0.156. The van der Waals surface area contributed by atoms with Crippen molar-refractivity contribution in [2.45, 2.75) is 18.8 Å². The fourth-order valence-corrected chi connectivity index (χ4v) is 2.08. The number of alkyl halides is 1.